The van der Waals surface area contributed by atoms with Crippen LogP contribution in [0.5, 0.6) is 17.2 Å². The standard InChI is InChI=1S/C27H28O6/c1-6-19(13-12-17(2)30-3)27-21(18-10-8-7-9-11-18)16-24(28)26(27,29)25-22(32-5)14-20(31-4)15-23(25)33-27/h6-15,21,29H,1,16H2,2-5H3/b17-12+,19-13+. The van der Waals surface area contributed by atoms with E-state index in [-0.39, 0.29) is 12.2 Å². The maximum absolute atomic E-state index is 13.6. The van der Waals surface area contributed by atoms with E-state index in [2.05, 4.69) is 6.58 Å². The van der Waals surface area contributed by atoms with E-state index in [9.17, 15) is 9.90 Å². The predicted molar refractivity (Wildman–Crippen MR) is 125 cm³/mol. The molecular formula is C27H28O6. The lowest BCUT2D eigenvalue weighted by Gasteiger charge is -2.39. The van der Waals surface area contributed by atoms with E-state index in [4.69, 9.17) is 18.9 Å². The van der Waals surface area contributed by atoms with Crippen molar-refractivity contribution in [1.29, 1.82) is 0 Å². The summed E-state index contributed by atoms with van der Waals surface area (Å²) in [5.74, 6) is 0.987. The van der Waals surface area contributed by atoms with Gasteiger partial charge in [0.1, 0.15) is 17.2 Å². The Bertz CT molecular complexity index is 1150. The smallest absolute Gasteiger partial charge is 0.200 e. The Morgan fingerprint density at radius 2 is 1.88 bits per heavy atom. The zero-order valence-electron chi connectivity index (χ0n) is 19.3. The van der Waals surface area contributed by atoms with Gasteiger partial charge >= 0.3 is 0 Å². The first-order valence-corrected chi connectivity index (χ1v) is 10.7. The largest absolute Gasteiger partial charge is 0.501 e. The Morgan fingerprint density at radius 1 is 1.15 bits per heavy atom. The minimum Gasteiger partial charge on any atom is -0.501 e. The van der Waals surface area contributed by atoms with Crippen molar-refractivity contribution in [3.8, 4) is 17.2 Å². The zero-order valence-corrected chi connectivity index (χ0v) is 19.3. The van der Waals surface area contributed by atoms with E-state index < -0.39 is 17.1 Å². The third-order valence-corrected chi connectivity index (χ3v) is 6.62. The molecule has 1 heterocycles. The maximum atomic E-state index is 13.6. The molecule has 1 aliphatic heterocycles. The molecule has 3 unspecified atom stereocenters. The number of Topliss-reactive ketones (excluding diaryl/α,β-unsaturated/α-hetero) is 1. The summed E-state index contributed by atoms with van der Waals surface area (Å²) >= 11 is 0. The van der Waals surface area contributed by atoms with Crippen LogP contribution in [-0.2, 0) is 15.1 Å². The molecule has 33 heavy (non-hydrogen) atoms. The van der Waals surface area contributed by atoms with Crippen LogP contribution in [0.15, 0.2) is 78.6 Å². The van der Waals surface area contributed by atoms with Crippen molar-refractivity contribution in [2.75, 3.05) is 21.3 Å². The van der Waals surface area contributed by atoms with Crippen LogP contribution in [0.4, 0.5) is 0 Å². The second-order valence-corrected chi connectivity index (χ2v) is 8.15. The lowest BCUT2D eigenvalue weighted by Crippen LogP contribution is -2.54. The number of ether oxygens (including phenoxy) is 4. The lowest BCUT2D eigenvalue weighted by atomic mass is 9.71. The second-order valence-electron chi connectivity index (χ2n) is 8.15. The van der Waals surface area contributed by atoms with Crippen LogP contribution in [0.3, 0.4) is 0 Å². The number of hydrogen-bond acceptors (Lipinski definition) is 6. The van der Waals surface area contributed by atoms with Crippen LogP contribution in [0.2, 0.25) is 0 Å². The SMILES string of the molecule is C=C/C(=C\C=C(/C)OC)C12Oc3cc(OC)cc(OC)c3C1(O)C(=O)CC2c1ccccc1. The summed E-state index contributed by atoms with van der Waals surface area (Å²) in [5, 5.41) is 12.3. The average Bonchev–Trinajstić information content (AvgIpc) is 3.24. The number of carbonyl (C=O) groups excluding carboxylic acids is 1. The zero-order chi connectivity index (χ0) is 23.8. The number of rotatable bonds is 7. The molecule has 2 aliphatic rings. The van der Waals surface area contributed by atoms with Gasteiger partial charge in [-0.25, -0.2) is 0 Å². The van der Waals surface area contributed by atoms with Gasteiger partial charge in [0.25, 0.3) is 0 Å². The van der Waals surface area contributed by atoms with Crippen LogP contribution in [0, 0.1) is 0 Å². The first-order chi connectivity index (χ1) is 15.9. The maximum Gasteiger partial charge on any atom is 0.200 e. The molecule has 2 aromatic rings. The third-order valence-electron chi connectivity index (χ3n) is 6.62. The molecule has 0 spiro atoms. The summed E-state index contributed by atoms with van der Waals surface area (Å²) in [4.78, 5) is 13.6. The van der Waals surface area contributed by atoms with Crippen molar-refractivity contribution in [3.63, 3.8) is 0 Å². The fraction of sp³-hybridized carbons (Fsp3) is 0.296. The number of ketones is 1. The van der Waals surface area contributed by atoms with Gasteiger partial charge in [-0.3, -0.25) is 4.79 Å². The monoisotopic (exact) mass is 448 g/mol. The number of benzene rings is 2. The van der Waals surface area contributed by atoms with Crippen LogP contribution in [0.25, 0.3) is 0 Å². The van der Waals surface area contributed by atoms with Crippen LogP contribution in [-0.4, -0.2) is 37.8 Å². The molecule has 172 valence electrons. The topological polar surface area (TPSA) is 74.2 Å². The van der Waals surface area contributed by atoms with E-state index in [1.165, 1.54) is 14.2 Å². The predicted octanol–water partition coefficient (Wildman–Crippen LogP) is 4.44. The highest BCUT2D eigenvalue weighted by molar-refractivity contribution is 5.98. The second kappa shape index (κ2) is 8.45. The molecule has 3 atom stereocenters. The van der Waals surface area contributed by atoms with Crippen molar-refractivity contribution < 1.29 is 28.8 Å². The van der Waals surface area contributed by atoms with Crippen molar-refractivity contribution in [1.82, 2.24) is 0 Å². The van der Waals surface area contributed by atoms with E-state index >= 15 is 0 Å². The summed E-state index contributed by atoms with van der Waals surface area (Å²) in [6, 6.07) is 12.9. The molecule has 1 N–H and O–H groups in total. The van der Waals surface area contributed by atoms with Crippen molar-refractivity contribution >= 4 is 5.78 Å². The van der Waals surface area contributed by atoms with Gasteiger partial charge in [-0.05, 0) is 24.1 Å². The quantitative estimate of drug-likeness (QED) is 0.499. The van der Waals surface area contributed by atoms with Crippen molar-refractivity contribution in [2.24, 2.45) is 0 Å². The number of hydrogen-bond donors (Lipinski definition) is 1. The minimum atomic E-state index is -1.99. The van der Waals surface area contributed by atoms with E-state index in [0.29, 0.717) is 34.1 Å². The number of methoxy groups -OCH3 is 3. The molecular weight excluding hydrogens is 420 g/mol. The fourth-order valence-electron chi connectivity index (χ4n) is 4.99. The molecule has 6 nitrogen and oxygen atoms in total. The highest BCUT2D eigenvalue weighted by Crippen LogP contribution is 2.65. The molecule has 0 aromatic heterocycles. The Labute approximate surface area is 193 Å². The summed E-state index contributed by atoms with van der Waals surface area (Å²) in [6.45, 7) is 5.80. The number of fused-ring (bicyclic) bond motifs is 3. The van der Waals surface area contributed by atoms with Gasteiger partial charge < -0.3 is 24.1 Å². The molecule has 1 aliphatic carbocycles. The molecule has 6 heteroatoms. The Morgan fingerprint density at radius 3 is 2.48 bits per heavy atom. The summed E-state index contributed by atoms with van der Waals surface area (Å²) in [5.41, 5.74) is -1.72. The molecule has 2 aromatic carbocycles. The lowest BCUT2D eigenvalue weighted by molar-refractivity contribution is -0.144. The third kappa shape index (κ3) is 3.16. The first kappa shape index (κ1) is 22.7. The van der Waals surface area contributed by atoms with E-state index in [0.717, 1.165) is 5.56 Å². The summed E-state index contributed by atoms with van der Waals surface area (Å²) in [7, 11) is 4.60. The van der Waals surface area contributed by atoms with Crippen LogP contribution < -0.4 is 14.2 Å². The van der Waals surface area contributed by atoms with Gasteiger partial charge in [0, 0.05) is 24.5 Å². The molecule has 1 fully saturated rings. The first-order valence-electron chi connectivity index (χ1n) is 10.7. The molecule has 1 saturated carbocycles. The van der Waals surface area contributed by atoms with Crippen molar-refractivity contribution in [3.05, 3.63) is 89.7 Å². The molecule has 4 rings (SSSR count). The highest BCUT2D eigenvalue weighted by atomic mass is 16.5. The van der Waals surface area contributed by atoms with Gasteiger partial charge in [0.15, 0.2) is 17.0 Å². The Hall–Kier alpha value is -3.51. The van der Waals surface area contributed by atoms with E-state index in [1.54, 1.807) is 37.5 Å². The summed E-state index contributed by atoms with van der Waals surface area (Å²) < 4.78 is 22.9. The highest BCUT2D eigenvalue weighted by Gasteiger charge is 2.74. The number of aliphatic hydroxyl groups is 1. The van der Waals surface area contributed by atoms with Gasteiger partial charge in [0.2, 0.25) is 0 Å². The average molecular weight is 449 g/mol. The Balaban J connectivity index is 2.05. The van der Waals surface area contributed by atoms with Gasteiger partial charge in [-0.15, -0.1) is 0 Å². The number of carbonyl (C=O) groups is 1. The van der Waals surface area contributed by atoms with Gasteiger partial charge in [-0.1, -0.05) is 49.1 Å². The molecule has 0 radical (unpaired) electrons. The van der Waals surface area contributed by atoms with Crippen molar-refractivity contribution in [2.45, 2.75) is 30.5 Å². The number of allylic oxidation sites excluding steroid dienone is 3. The van der Waals surface area contributed by atoms with Crippen LogP contribution >= 0.6 is 0 Å². The normalized spacial score (nSPS) is 26.3. The molecule has 0 saturated heterocycles. The summed E-state index contributed by atoms with van der Waals surface area (Å²) in [6.07, 6.45) is 5.25. The molecule has 0 amide bonds. The molecule has 0 bridgehead atoms. The minimum absolute atomic E-state index is 0.0906. The van der Waals surface area contributed by atoms with E-state index in [1.807, 2.05) is 37.3 Å². The van der Waals surface area contributed by atoms with Gasteiger partial charge in [0.05, 0.1) is 32.7 Å². The van der Waals surface area contributed by atoms with Crippen LogP contribution in [0.1, 0.15) is 30.4 Å². The van der Waals surface area contributed by atoms with Gasteiger partial charge in [-0.2, -0.15) is 0 Å². The fourth-order valence-corrected chi connectivity index (χ4v) is 4.99. The Kier molecular flexibility index (Phi) is 5.80.